The quantitative estimate of drug-likeness (QED) is 0.608. The Morgan fingerprint density at radius 3 is 2.30 bits per heavy atom. The summed E-state index contributed by atoms with van der Waals surface area (Å²) in [6, 6.07) is 0.750. The maximum Gasteiger partial charge on any atom is 0.418 e. The second-order valence-electron chi connectivity index (χ2n) is 4.77. The summed E-state index contributed by atoms with van der Waals surface area (Å²) in [5, 5.41) is 21.8. The van der Waals surface area contributed by atoms with Crippen LogP contribution in [0, 0.1) is 20.2 Å². The van der Waals surface area contributed by atoms with Gasteiger partial charge in [-0.25, -0.2) is 4.99 Å². The molecule has 0 aromatic heterocycles. The molecule has 0 saturated heterocycles. The van der Waals surface area contributed by atoms with Crippen LogP contribution in [0.3, 0.4) is 0 Å². The molecule has 10 heteroatoms. The second-order valence-corrected chi connectivity index (χ2v) is 4.77. The summed E-state index contributed by atoms with van der Waals surface area (Å²) < 4.78 is 39.5. The molecule has 1 aromatic rings. The lowest BCUT2D eigenvalue weighted by atomic mass is 10.0. The third kappa shape index (κ3) is 3.71. The van der Waals surface area contributed by atoms with Crippen molar-refractivity contribution in [1.29, 1.82) is 0 Å². The van der Waals surface area contributed by atoms with Gasteiger partial charge >= 0.3 is 11.9 Å². The maximum absolute atomic E-state index is 13.2. The molecule has 0 N–H and O–H groups in total. The highest BCUT2D eigenvalue weighted by Gasteiger charge is 2.39. The van der Waals surface area contributed by atoms with Gasteiger partial charge in [0.2, 0.25) is 0 Å². The molecule has 1 aromatic carbocycles. The lowest BCUT2D eigenvalue weighted by molar-refractivity contribution is -0.394. The number of benzene rings is 1. The molecule has 7 nitrogen and oxygen atoms in total. The summed E-state index contributed by atoms with van der Waals surface area (Å²) in [4.78, 5) is 23.3. The molecule has 0 unspecified atom stereocenters. The van der Waals surface area contributed by atoms with Gasteiger partial charge in [0, 0.05) is 11.8 Å². The molecular formula is C13H10F3N3O4. The molecule has 23 heavy (non-hydrogen) atoms. The molecular weight excluding hydrogens is 319 g/mol. The predicted molar refractivity (Wildman–Crippen MR) is 74.8 cm³/mol. The number of aliphatic imine (C=N–C) groups is 1. The van der Waals surface area contributed by atoms with Crippen LogP contribution < -0.4 is 0 Å². The Bertz CT molecular complexity index is 726. The summed E-state index contributed by atoms with van der Waals surface area (Å²) in [6.07, 6.45) is -0.0247. The zero-order valence-corrected chi connectivity index (χ0v) is 11.5. The van der Waals surface area contributed by atoms with Crippen LogP contribution in [0.5, 0.6) is 0 Å². The van der Waals surface area contributed by atoms with Gasteiger partial charge in [-0.1, -0.05) is 6.08 Å². The molecule has 0 atom stereocenters. The largest absolute Gasteiger partial charge is 0.418 e. The van der Waals surface area contributed by atoms with E-state index >= 15 is 0 Å². The predicted octanol–water partition coefficient (Wildman–Crippen LogP) is 4.33. The van der Waals surface area contributed by atoms with Gasteiger partial charge in [-0.15, -0.1) is 0 Å². The van der Waals surface area contributed by atoms with Crippen molar-refractivity contribution in [2.45, 2.75) is 25.4 Å². The summed E-state index contributed by atoms with van der Waals surface area (Å²) in [7, 11) is 0. The fourth-order valence-electron chi connectivity index (χ4n) is 2.12. The van der Waals surface area contributed by atoms with E-state index in [1.54, 1.807) is 6.08 Å². The fourth-order valence-corrected chi connectivity index (χ4v) is 2.12. The van der Waals surface area contributed by atoms with Crippen LogP contribution in [0.25, 0.3) is 0 Å². The van der Waals surface area contributed by atoms with E-state index < -0.39 is 38.6 Å². The first kappa shape index (κ1) is 16.6. The van der Waals surface area contributed by atoms with Crippen molar-refractivity contribution >= 4 is 22.8 Å². The Morgan fingerprint density at radius 1 is 1.13 bits per heavy atom. The highest BCUT2D eigenvalue weighted by molar-refractivity contribution is 5.98. The average molecular weight is 329 g/mol. The first-order valence-electron chi connectivity index (χ1n) is 6.48. The average Bonchev–Trinajstić information content (AvgIpc) is 2.46. The summed E-state index contributed by atoms with van der Waals surface area (Å²) in [5.74, 6) is 0. The van der Waals surface area contributed by atoms with Crippen molar-refractivity contribution in [2.24, 2.45) is 4.99 Å². The third-order valence-electron chi connectivity index (χ3n) is 3.16. The molecule has 0 bridgehead atoms. The first-order valence-corrected chi connectivity index (χ1v) is 6.48. The van der Waals surface area contributed by atoms with Gasteiger partial charge in [-0.05, 0) is 25.3 Å². The van der Waals surface area contributed by atoms with Crippen LogP contribution in [0.15, 0.2) is 29.3 Å². The van der Waals surface area contributed by atoms with Crippen LogP contribution in [0.4, 0.5) is 30.2 Å². The minimum absolute atomic E-state index is 0.263. The van der Waals surface area contributed by atoms with Crippen molar-refractivity contribution in [2.75, 3.05) is 0 Å². The number of rotatable bonds is 3. The number of nitro groups is 2. The molecule has 122 valence electrons. The smallest absolute Gasteiger partial charge is 0.258 e. The molecule has 0 aliphatic heterocycles. The van der Waals surface area contributed by atoms with E-state index in [1.165, 1.54) is 6.08 Å². The molecule has 0 spiro atoms. The Morgan fingerprint density at radius 2 is 1.83 bits per heavy atom. The van der Waals surface area contributed by atoms with Crippen LogP contribution >= 0.6 is 0 Å². The van der Waals surface area contributed by atoms with Gasteiger partial charge in [-0.3, -0.25) is 20.2 Å². The third-order valence-corrected chi connectivity index (χ3v) is 3.16. The second kappa shape index (κ2) is 6.15. The van der Waals surface area contributed by atoms with Crippen molar-refractivity contribution in [3.8, 4) is 0 Å². The van der Waals surface area contributed by atoms with Crippen molar-refractivity contribution < 1.29 is 23.0 Å². The van der Waals surface area contributed by atoms with E-state index in [0.29, 0.717) is 18.9 Å². The number of nitro benzene ring substituents is 2. The van der Waals surface area contributed by atoms with Gasteiger partial charge in [0.1, 0.15) is 0 Å². The van der Waals surface area contributed by atoms with Crippen LogP contribution in [-0.2, 0) is 6.18 Å². The van der Waals surface area contributed by atoms with Gasteiger partial charge in [-0.2, -0.15) is 13.2 Å². The van der Waals surface area contributed by atoms with Gasteiger partial charge in [0.15, 0.2) is 5.69 Å². The molecule has 0 heterocycles. The van der Waals surface area contributed by atoms with E-state index in [4.69, 9.17) is 0 Å². The minimum Gasteiger partial charge on any atom is -0.258 e. The zero-order chi connectivity index (χ0) is 17.2. The van der Waals surface area contributed by atoms with Crippen LogP contribution in [-0.4, -0.2) is 15.6 Å². The van der Waals surface area contributed by atoms with E-state index in [1.807, 2.05) is 0 Å². The number of hydrogen-bond acceptors (Lipinski definition) is 5. The fraction of sp³-hybridized carbons (Fsp3) is 0.308. The number of allylic oxidation sites excluding steroid dienone is 2. The lowest BCUT2D eigenvalue weighted by Crippen LogP contribution is -2.09. The Hall–Kier alpha value is -2.78. The van der Waals surface area contributed by atoms with Gasteiger partial charge in [0.05, 0.1) is 21.5 Å². The van der Waals surface area contributed by atoms with Crippen molar-refractivity contribution in [1.82, 2.24) is 0 Å². The molecule has 0 saturated carbocycles. The van der Waals surface area contributed by atoms with E-state index in [2.05, 4.69) is 4.99 Å². The number of hydrogen-bond donors (Lipinski definition) is 0. The standard InChI is InChI=1S/C13H10F3N3O4/c14-13(15,16)10-6-9(18(20)21)7-11(19(22)23)12(10)17-8-4-2-1-3-5-8/h2,4,6-7H,1,3,5H2. The van der Waals surface area contributed by atoms with Crippen LogP contribution in [0.1, 0.15) is 24.8 Å². The normalized spacial score (nSPS) is 16.6. The Balaban J connectivity index is 2.75. The molecule has 2 rings (SSSR count). The topological polar surface area (TPSA) is 98.6 Å². The zero-order valence-electron chi connectivity index (χ0n) is 11.5. The highest BCUT2D eigenvalue weighted by Crippen LogP contribution is 2.44. The number of non-ortho nitro benzene ring substituents is 1. The molecule has 1 aliphatic rings. The summed E-state index contributed by atoms with van der Waals surface area (Å²) in [6.45, 7) is 0. The van der Waals surface area contributed by atoms with E-state index in [9.17, 15) is 33.4 Å². The van der Waals surface area contributed by atoms with Crippen molar-refractivity contribution in [3.05, 3.63) is 50.1 Å². The van der Waals surface area contributed by atoms with E-state index in [-0.39, 0.29) is 11.8 Å². The molecule has 0 fully saturated rings. The number of alkyl halides is 3. The maximum atomic E-state index is 13.2. The van der Waals surface area contributed by atoms with E-state index in [0.717, 1.165) is 6.42 Å². The van der Waals surface area contributed by atoms with Crippen LogP contribution in [0.2, 0.25) is 0 Å². The van der Waals surface area contributed by atoms with Gasteiger partial charge < -0.3 is 0 Å². The number of nitrogens with zero attached hydrogens (tertiary/aromatic N) is 3. The monoisotopic (exact) mass is 329 g/mol. The SMILES string of the molecule is O=[N+]([O-])c1cc([N+](=O)[O-])c(N=C2C=CCCC2)c(C(F)(F)F)c1. The lowest BCUT2D eigenvalue weighted by Gasteiger charge is -2.12. The molecule has 0 amide bonds. The Labute approximate surface area is 127 Å². The van der Waals surface area contributed by atoms with Crippen molar-refractivity contribution in [3.63, 3.8) is 0 Å². The molecule has 1 aliphatic carbocycles. The van der Waals surface area contributed by atoms with Gasteiger partial charge in [0.25, 0.3) is 5.69 Å². The minimum atomic E-state index is -5.01. The molecule has 0 radical (unpaired) electrons. The Kier molecular flexibility index (Phi) is 4.43. The number of halogens is 3. The first-order chi connectivity index (χ1) is 10.7. The summed E-state index contributed by atoms with van der Waals surface area (Å²) >= 11 is 0. The summed E-state index contributed by atoms with van der Waals surface area (Å²) in [5.41, 5.74) is -4.19. The highest BCUT2D eigenvalue weighted by atomic mass is 19.4.